The van der Waals surface area contributed by atoms with Crippen molar-refractivity contribution in [2.24, 2.45) is 5.73 Å². The van der Waals surface area contributed by atoms with Crippen molar-refractivity contribution < 1.29 is 28.2 Å². The molecule has 1 aliphatic rings. The number of aryl methyl sites for hydroxylation is 1. The minimum Gasteiger partial charge on any atom is -0.465 e. The number of anilines is 1. The maximum absolute atomic E-state index is 15.0. The van der Waals surface area contributed by atoms with Crippen LogP contribution in [0, 0.1) is 18.6 Å². The number of nitrogens with two attached hydrogens (primary N) is 1. The average molecular weight is 445 g/mol. The molecule has 3 amide bonds. The first-order chi connectivity index (χ1) is 15.2. The van der Waals surface area contributed by atoms with Crippen molar-refractivity contribution in [3.63, 3.8) is 0 Å². The van der Waals surface area contributed by atoms with Gasteiger partial charge in [-0.1, -0.05) is 0 Å². The van der Waals surface area contributed by atoms with Crippen molar-refractivity contribution in [3.8, 4) is 11.3 Å². The van der Waals surface area contributed by atoms with Crippen LogP contribution < -0.4 is 11.1 Å². The van der Waals surface area contributed by atoms with Gasteiger partial charge in [-0.15, -0.1) is 0 Å². The van der Waals surface area contributed by atoms with E-state index in [-0.39, 0.29) is 43.1 Å². The fourth-order valence-corrected chi connectivity index (χ4v) is 3.84. The number of hydrogen-bond donors (Lipinski definition) is 3. The molecule has 0 radical (unpaired) electrons. The molecular formula is C21H21F2N5O4. The van der Waals surface area contributed by atoms with E-state index in [0.29, 0.717) is 11.3 Å². The predicted molar refractivity (Wildman–Crippen MR) is 112 cm³/mol. The number of fused-ring (bicyclic) bond motifs is 1. The summed E-state index contributed by atoms with van der Waals surface area (Å²) >= 11 is 0. The number of nitrogens with one attached hydrogen (secondary N) is 1. The first kappa shape index (κ1) is 21.5. The maximum Gasteiger partial charge on any atom is 0.407 e. The molecule has 1 aliphatic heterocycles. The molecule has 2 aromatic heterocycles. The van der Waals surface area contributed by atoms with Crippen molar-refractivity contribution in [1.82, 2.24) is 14.3 Å². The molecule has 3 aromatic rings. The molecule has 9 nitrogen and oxygen atoms in total. The van der Waals surface area contributed by atoms with Gasteiger partial charge in [-0.2, -0.15) is 0 Å². The zero-order chi connectivity index (χ0) is 23.0. The summed E-state index contributed by atoms with van der Waals surface area (Å²) in [6.45, 7) is 2.47. The van der Waals surface area contributed by atoms with E-state index in [1.54, 1.807) is 16.7 Å². The van der Waals surface area contributed by atoms with Crippen molar-refractivity contribution in [3.05, 3.63) is 53.4 Å². The Hall–Kier alpha value is -3.73. The van der Waals surface area contributed by atoms with Gasteiger partial charge >= 0.3 is 12.1 Å². The summed E-state index contributed by atoms with van der Waals surface area (Å²) in [7, 11) is 0. The number of morpholine rings is 1. The highest BCUT2D eigenvalue weighted by Gasteiger charge is 2.28. The Bertz CT molecular complexity index is 1190. The third-order valence-electron chi connectivity index (χ3n) is 5.26. The van der Waals surface area contributed by atoms with Crippen molar-refractivity contribution >= 4 is 23.5 Å². The van der Waals surface area contributed by atoms with Crippen LogP contribution in [-0.4, -0.2) is 57.3 Å². The van der Waals surface area contributed by atoms with Gasteiger partial charge in [0.1, 0.15) is 17.3 Å². The predicted octanol–water partition coefficient (Wildman–Crippen LogP) is 3.00. The van der Waals surface area contributed by atoms with Crippen LogP contribution in [0.3, 0.4) is 0 Å². The highest BCUT2D eigenvalue weighted by Crippen LogP contribution is 2.33. The van der Waals surface area contributed by atoms with E-state index in [1.807, 2.05) is 13.0 Å². The van der Waals surface area contributed by atoms with Gasteiger partial charge in [-0.3, -0.25) is 0 Å². The second kappa shape index (κ2) is 8.42. The molecule has 0 aliphatic carbocycles. The normalized spacial score (nSPS) is 16.3. The Labute approximate surface area is 181 Å². The fourth-order valence-electron chi connectivity index (χ4n) is 3.84. The molecule has 32 heavy (non-hydrogen) atoms. The van der Waals surface area contributed by atoms with Gasteiger partial charge in [0.25, 0.3) is 0 Å². The lowest BCUT2D eigenvalue weighted by Gasteiger charge is -2.31. The summed E-state index contributed by atoms with van der Waals surface area (Å²) in [4.78, 5) is 28.1. The van der Waals surface area contributed by atoms with Crippen LogP contribution in [0.4, 0.5) is 24.1 Å². The number of imidazole rings is 1. The summed E-state index contributed by atoms with van der Waals surface area (Å²) in [5.74, 6) is -1.85. The molecule has 3 heterocycles. The van der Waals surface area contributed by atoms with E-state index < -0.39 is 29.9 Å². The first-order valence-corrected chi connectivity index (χ1v) is 9.86. The number of urea groups is 1. The molecule has 168 valence electrons. The van der Waals surface area contributed by atoms with Crippen molar-refractivity contribution in [2.75, 3.05) is 25.0 Å². The largest absolute Gasteiger partial charge is 0.465 e. The second-order valence-electron chi connectivity index (χ2n) is 7.57. The van der Waals surface area contributed by atoms with Gasteiger partial charge in [-0.05, 0) is 36.8 Å². The van der Waals surface area contributed by atoms with Crippen molar-refractivity contribution in [2.45, 2.75) is 19.4 Å². The van der Waals surface area contributed by atoms with Gasteiger partial charge in [0, 0.05) is 24.8 Å². The first-order valence-electron chi connectivity index (χ1n) is 9.86. The fraction of sp³-hybridized carbons (Fsp3) is 0.286. The molecule has 0 bridgehead atoms. The van der Waals surface area contributed by atoms with Crippen LogP contribution >= 0.6 is 0 Å². The number of amides is 3. The molecule has 4 rings (SSSR count). The Kier molecular flexibility index (Phi) is 5.66. The number of benzene rings is 1. The minimum atomic E-state index is -1.05. The number of ether oxygens (including phenoxy) is 1. The molecule has 1 fully saturated rings. The second-order valence-corrected chi connectivity index (χ2v) is 7.57. The van der Waals surface area contributed by atoms with Gasteiger partial charge in [0.2, 0.25) is 0 Å². The van der Waals surface area contributed by atoms with Crippen LogP contribution in [0.5, 0.6) is 0 Å². The van der Waals surface area contributed by atoms with Gasteiger partial charge < -0.3 is 30.2 Å². The third-order valence-corrected chi connectivity index (χ3v) is 5.26. The van der Waals surface area contributed by atoms with E-state index >= 15 is 0 Å². The summed E-state index contributed by atoms with van der Waals surface area (Å²) in [6.07, 6.45) is 0.361. The van der Waals surface area contributed by atoms with Crippen LogP contribution in [-0.2, 0) is 11.2 Å². The number of aromatic nitrogens is 2. The number of halogens is 2. The Balaban J connectivity index is 1.80. The summed E-state index contributed by atoms with van der Waals surface area (Å²) in [6, 6.07) is 4.59. The number of pyridine rings is 1. The number of rotatable bonds is 4. The molecule has 11 heteroatoms. The SMILES string of the molecule is Cc1ccn2c(CC3CN(C(=O)O)CCO3)c(-c3c(F)cc(NC(N)=O)cc3F)nc2c1. The van der Waals surface area contributed by atoms with Gasteiger partial charge in [-0.25, -0.2) is 23.4 Å². The lowest BCUT2D eigenvalue weighted by Crippen LogP contribution is -2.45. The van der Waals surface area contributed by atoms with Gasteiger partial charge in [0.15, 0.2) is 0 Å². The molecule has 1 atom stereocenters. The van der Waals surface area contributed by atoms with E-state index in [1.165, 1.54) is 4.90 Å². The number of primary amides is 1. The topological polar surface area (TPSA) is 122 Å². The lowest BCUT2D eigenvalue weighted by atomic mass is 10.0. The van der Waals surface area contributed by atoms with Crippen LogP contribution in [0.1, 0.15) is 11.3 Å². The number of carbonyl (C=O) groups is 2. The lowest BCUT2D eigenvalue weighted by molar-refractivity contribution is -0.0214. The summed E-state index contributed by atoms with van der Waals surface area (Å²) in [5, 5.41) is 11.4. The summed E-state index contributed by atoms with van der Waals surface area (Å²) < 4.78 is 37.4. The van der Waals surface area contributed by atoms with E-state index in [4.69, 9.17) is 10.5 Å². The smallest absolute Gasteiger partial charge is 0.407 e. The molecule has 1 saturated heterocycles. The highest BCUT2D eigenvalue weighted by molar-refractivity contribution is 5.88. The number of carboxylic acid groups (broad SMARTS) is 1. The van der Waals surface area contributed by atoms with E-state index in [9.17, 15) is 23.5 Å². The third kappa shape index (κ3) is 4.19. The number of hydrogen-bond acceptors (Lipinski definition) is 4. The minimum absolute atomic E-state index is 0.0762. The molecule has 1 aromatic carbocycles. The molecule has 0 saturated carbocycles. The zero-order valence-electron chi connectivity index (χ0n) is 17.1. The zero-order valence-corrected chi connectivity index (χ0v) is 17.1. The summed E-state index contributed by atoms with van der Waals surface area (Å²) in [5.41, 5.74) is 6.50. The monoisotopic (exact) mass is 445 g/mol. The quantitative estimate of drug-likeness (QED) is 0.570. The van der Waals surface area contributed by atoms with Crippen LogP contribution in [0.25, 0.3) is 16.9 Å². The highest BCUT2D eigenvalue weighted by atomic mass is 19.1. The maximum atomic E-state index is 15.0. The van der Waals surface area contributed by atoms with Gasteiger partial charge in [0.05, 0.1) is 36.2 Å². The molecule has 1 unspecified atom stereocenters. The molecular weight excluding hydrogens is 424 g/mol. The Morgan fingerprint density at radius 2 is 2.03 bits per heavy atom. The number of nitrogens with zero attached hydrogens (tertiary/aromatic N) is 3. The van der Waals surface area contributed by atoms with E-state index in [2.05, 4.69) is 10.3 Å². The van der Waals surface area contributed by atoms with E-state index in [0.717, 1.165) is 17.7 Å². The Morgan fingerprint density at radius 1 is 1.31 bits per heavy atom. The standard InChI is InChI=1S/C21H21F2N5O4/c1-11-2-3-28-16(9-13-10-27(21(30)31)4-5-32-13)19(26-17(28)6-11)18-14(22)7-12(8-15(18)23)25-20(24)29/h2-3,6-8,13H,4-5,9-10H2,1H3,(H,30,31)(H3,24,25,29). The van der Waals surface area contributed by atoms with Crippen LogP contribution in [0.15, 0.2) is 30.5 Å². The Morgan fingerprint density at radius 3 is 2.69 bits per heavy atom. The average Bonchev–Trinajstić information content (AvgIpc) is 3.04. The number of carbonyl (C=O) groups excluding carboxylic acids is 1. The van der Waals surface area contributed by atoms with Crippen molar-refractivity contribution in [1.29, 1.82) is 0 Å². The molecule has 4 N–H and O–H groups in total. The molecule has 0 spiro atoms. The van der Waals surface area contributed by atoms with Crippen LogP contribution in [0.2, 0.25) is 0 Å².